The zero-order valence-electron chi connectivity index (χ0n) is 11.7. The Kier molecular flexibility index (Phi) is 5.17. The lowest BCUT2D eigenvalue weighted by Gasteiger charge is -2.07. The third-order valence-electron chi connectivity index (χ3n) is 2.66. The maximum absolute atomic E-state index is 12.0. The molecule has 0 atom stereocenters. The maximum Gasteiger partial charge on any atom is 0.289 e. The number of benzene rings is 1. The highest BCUT2D eigenvalue weighted by atomic mass is 35.5. The molecular formula is C13H14ClN3O4S. The van der Waals surface area contributed by atoms with Gasteiger partial charge in [0.25, 0.3) is 5.91 Å². The third kappa shape index (κ3) is 4.30. The first-order chi connectivity index (χ1) is 10.4. The molecule has 0 aliphatic rings. The minimum Gasteiger partial charge on any atom is -0.351 e. The highest BCUT2D eigenvalue weighted by molar-refractivity contribution is 7.89. The molecule has 1 aromatic heterocycles. The number of carbonyl (C=O) groups is 1. The SMILES string of the molecule is Cc1cc(C(=O)NCCNS(=O)(=O)c2cccc(Cl)c2)on1. The highest BCUT2D eigenvalue weighted by Gasteiger charge is 2.14. The number of nitrogens with zero attached hydrogens (tertiary/aromatic N) is 1. The zero-order valence-corrected chi connectivity index (χ0v) is 13.2. The van der Waals surface area contributed by atoms with Gasteiger partial charge >= 0.3 is 0 Å². The second-order valence-corrected chi connectivity index (χ2v) is 6.65. The number of aromatic nitrogens is 1. The van der Waals surface area contributed by atoms with Crippen LogP contribution in [0.15, 0.2) is 39.8 Å². The third-order valence-corrected chi connectivity index (χ3v) is 4.35. The summed E-state index contributed by atoms with van der Waals surface area (Å²) in [5.41, 5.74) is 0.590. The van der Waals surface area contributed by atoms with E-state index >= 15 is 0 Å². The van der Waals surface area contributed by atoms with Crippen molar-refractivity contribution >= 4 is 27.5 Å². The van der Waals surface area contributed by atoms with Crippen LogP contribution in [-0.2, 0) is 10.0 Å². The molecule has 22 heavy (non-hydrogen) atoms. The lowest BCUT2D eigenvalue weighted by atomic mass is 10.4. The monoisotopic (exact) mass is 343 g/mol. The van der Waals surface area contributed by atoms with Gasteiger partial charge in [-0.05, 0) is 25.1 Å². The highest BCUT2D eigenvalue weighted by Crippen LogP contribution is 2.14. The standard InChI is InChI=1S/C13H14ClN3O4S/c1-9-7-12(21-17-9)13(18)15-5-6-16-22(19,20)11-4-2-3-10(14)8-11/h2-4,7-8,16H,5-6H2,1H3,(H,15,18). The Morgan fingerprint density at radius 2 is 2.09 bits per heavy atom. The molecule has 9 heteroatoms. The summed E-state index contributed by atoms with van der Waals surface area (Å²) in [6, 6.07) is 7.40. The van der Waals surface area contributed by atoms with E-state index in [0.29, 0.717) is 10.7 Å². The molecule has 2 aromatic rings. The number of amides is 1. The number of nitrogens with one attached hydrogen (secondary N) is 2. The van der Waals surface area contributed by atoms with Gasteiger partial charge in [-0.25, -0.2) is 13.1 Å². The van der Waals surface area contributed by atoms with Crippen molar-refractivity contribution in [3.63, 3.8) is 0 Å². The van der Waals surface area contributed by atoms with E-state index < -0.39 is 15.9 Å². The predicted molar refractivity (Wildman–Crippen MR) is 80.2 cm³/mol. The van der Waals surface area contributed by atoms with Crippen molar-refractivity contribution < 1.29 is 17.7 Å². The molecule has 1 amide bonds. The van der Waals surface area contributed by atoms with E-state index in [1.807, 2.05) is 0 Å². The average molecular weight is 344 g/mol. The zero-order chi connectivity index (χ0) is 16.2. The molecule has 0 saturated carbocycles. The average Bonchev–Trinajstić information content (AvgIpc) is 2.90. The summed E-state index contributed by atoms with van der Waals surface area (Å²) in [6.45, 7) is 1.84. The first kappa shape index (κ1) is 16.5. The number of halogens is 1. The van der Waals surface area contributed by atoms with Crippen molar-refractivity contribution in [2.45, 2.75) is 11.8 Å². The van der Waals surface area contributed by atoms with Gasteiger partial charge in [0.15, 0.2) is 0 Å². The second kappa shape index (κ2) is 6.91. The van der Waals surface area contributed by atoms with Crippen molar-refractivity contribution in [3.8, 4) is 0 Å². The van der Waals surface area contributed by atoms with Crippen molar-refractivity contribution in [1.82, 2.24) is 15.2 Å². The molecule has 0 saturated heterocycles. The molecule has 0 fully saturated rings. The molecule has 0 aliphatic carbocycles. The Labute approximate surface area is 132 Å². The number of hydrogen-bond donors (Lipinski definition) is 2. The Bertz CT molecular complexity index is 773. The number of sulfonamides is 1. The summed E-state index contributed by atoms with van der Waals surface area (Å²) in [7, 11) is -3.66. The van der Waals surface area contributed by atoms with E-state index in [2.05, 4.69) is 15.2 Å². The maximum atomic E-state index is 12.0. The molecule has 0 unspecified atom stereocenters. The molecular weight excluding hydrogens is 330 g/mol. The van der Waals surface area contributed by atoms with Crippen molar-refractivity contribution in [3.05, 3.63) is 46.8 Å². The van der Waals surface area contributed by atoms with Gasteiger partial charge in [-0.3, -0.25) is 4.79 Å². The van der Waals surface area contributed by atoms with Crippen LogP contribution in [-0.4, -0.2) is 32.6 Å². The molecule has 7 nitrogen and oxygen atoms in total. The van der Waals surface area contributed by atoms with Crippen LogP contribution in [0.3, 0.4) is 0 Å². The van der Waals surface area contributed by atoms with E-state index in [-0.39, 0.29) is 23.7 Å². The molecule has 1 aromatic carbocycles. The van der Waals surface area contributed by atoms with Crippen LogP contribution < -0.4 is 10.0 Å². The van der Waals surface area contributed by atoms with E-state index in [1.54, 1.807) is 19.1 Å². The van der Waals surface area contributed by atoms with E-state index in [0.717, 1.165) is 0 Å². The summed E-state index contributed by atoms with van der Waals surface area (Å²) in [5.74, 6) is -0.377. The van der Waals surface area contributed by atoms with Crippen LogP contribution in [0.4, 0.5) is 0 Å². The van der Waals surface area contributed by atoms with Crippen molar-refractivity contribution in [2.24, 2.45) is 0 Å². The molecule has 0 spiro atoms. The van der Waals surface area contributed by atoms with E-state index in [9.17, 15) is 13.2 Å². The molecule has 0 bridgehead atoms. The second-order valence-electron chi connectivity index (χ2n) is 4.44. The molecule has 0 radical (unpaired) electrons. The van der Waals surface area contributed by atoms with Gasteiger partial charge in [0.05, 0.1) is 10.6 Å². The van der Waals surface area contributed by atoms with Gasteiger partial charge in [0.1, 0.15) is 0 Å². The van der Waals surface area contributed by atoms with E-state index in [4.69, 9.17) is 16.1 Å². The number of carbonyl (C=O) groups excluding carboxylic acids is 1. The Balaban J connectivity index is 1.84. The van der Waals surface area contributed by atoms with Crippen LogP contribution in [0, 0.1) is 6.92 Å². The summed E-state index contributed by atoms with van der Waals surface area (Å²) in [6.07, 6.45) is 0. The minimum atomic E-state index is -3.66. The van der Waals surface area contributed by atoms with Gasteiger partial charge in [-0.15, -0.1) is 0 Å². The van der Waals surface area contributed by atoms with Crippen molar-refractivity contribution in [2.75, 3.05) is 13.1 Å². The van der Waals surface area contributed by atoms with Gasteiger partial charge in [0.2, 0.25) is 15.8 Å². The van der Waals surface area contributed by atoms with Crippen LogP contribution in [0.5, 0.6) is 0 Å². The Morgan fingerprint density at radius 3 is 2.73 bits per heavy atom. The fourth-order valence-electron chi connectivity index (χ4n) is 1.64. The van der Waals surface area contributed by atoms with Gasteiger partial charge in [-0.2, -0.15) is 0 Å². The molecule has 1 heterocycles. The first-order valence-corrected chi connectivity index (χ1v) is 8.21. The lowest BCUT2D eigenvalue weighted by Crippen LogP contribution is -2.34. The smallest absolute Gasteiger partial charge is 0.289 e. The van der Waals surface area contributed by atoms with E-state index in [1.165, 1.54) is 18.2 Å². The summed E-state index contributed by atoms with van der Waals surface area (Å²) in [4.78, 5) is 11.7. The predicted octanol–water partition coefficient (Wildman–Crippen LogP) is 1.34. The normalized spacial score (nSPS) is 11.4. The number of rotatable bonds is 6. The number of aryl methyl sites for hydroxylation is 1. The van der Waals surface area contributed by atoms with Crippen LogP contribution >= 0.6 is 11.6 Å². The van der Waals surface area contributed by atoms with Crippen molar-refractivity contribution in [1.29, 1.82) is 0 Å². The Morgan fingerprint density at radius 1 is 1.32 bits per heavy atom. The quantitative estimate of drug-likeness (QED) is 0.771. The summed E-state index contributed by atoms with van der Waals surface area (Å²) < 4.78 is 31.1. The van der Waals surface area contributed by atoms with Crippen LogP contribution in [0.25, 0.3) is 0 Å². The molecule has 2 rings (SSSR count). The topological polar surface area (TPSA) is 101 Å². The fraction of sp³-hybridized carbons (Fsp3) is 0.231. The lowest BCUT2D eigenvalue weighted by molar-refractivity contribution is 0.0917. The Hall–Kier alpha value is -1.90. The van der Waals surface area contributed by atoms with Gasteiger partial charge in [-0.1, -0.05) is 22.8 Å². The fourth-order valence-corrected chi connectivity index (χ4v) is 2.97. The molecule has 0 aliphatic heterocycles. The first-order valence-electron chi connectivity index (χ1n) is 6.35. The molecule has 2 N–H and O–H groups in total. The number of hydrogen-bond acceptors (Lipinski definition) is 5. The van der Waals surface area contributed by atoms with Crippen LogP contribution in [0.1, 0.15) is 16.2 Å². The van der Waals surface area contributed by atoms with Crippen LogP contribution in [0.2, 0.25) is 5.02 Å². The van der Waals surface area contributed by atoms with Gasteiger partial charge < -0.3 is 9.84 Å². The molecule has 118 valence electrons. The minimum absolute atomic E-state index is 0.0354. The summed E-state index contributed by atoms with van der Waals surface area (Å²) >= 11 is 5.76. The summed E-state index contributed by atoms with van der Waals surface area (Å²) in [5, 5.41) is 6.45. The van der Waals surface area contributed by atoms with Gasteiger partial charge in [0, 0.05) is 24.2 Å². The largest absolute Gasteiger partial charge is 0.351 e.